The van der Waals surface area contributed by atoms with Gasteiger partial charge in [0.2, 0.25) is 0 Å². The molecule has 1 aliphatic rings. The Bertz CT molecular complexity index is 2300. The van der Waals surface area contributed by atoms with Crippen LogP contribution in [-0.4, -0.2) is 45.9 Å². The minimum Gasteiger partial charge on any atom is -0.434 e. The first-order valence-corrected chi connectivity index (χ1v) is 17.0. The molecular formula is C36H35N3O11S. The van der Waals surface area contributed by atoms with Gasteiger partial charge in [-0.15, -0.1) is 11.3 Å². The largest absolute Gasteiger partial charge is 0.508 e. The standard InChI is InChI=1S/C34H29N3O11S.C2H6/c1-18-15-36(33(41)35-31(18)39)29-12-9-22(47-29)17-46-34(42)45-16-19(2)23-10-7-20(13-26(23)37(43)44)32(40)48-21-8-11-28-25(14-21)30(38)24-5-3-4-6-27(24)49-28;1-2/h3-8,10-11,13-15,19,22,29H,9,12,16-17H2,1-2H3,(H,35,39,41);1-2H3. The number of nitro groups is 1. The number of carbonyl (C=O) groups excluding carboxylic acids is 2. The first-order chi connectivity index (χ1) is 24.5. The quantitative estimate of drug-likeness (QED) is 0.0588. The zero-order valence-corrected chi connectivity index (χ0v) is 29.0. The highest BCUT2D eigenvalue weighted by molar-refractivity contribution is 7.24. The fourth-order valence-corrected chi connectivity index (χ4v) is 6.61. The van der Waals surface area contributed by atoms with E-state index in [9.17, 15) is 34.1 Å². The van der Waals surface area contributed by atoms with Crippen LogP contribution in [0.15, 0.2) is 81.2 Å². The average Bonchev–Trinajstić information content (AvgIpc) is 3.61. The molecule has 0 spiro atoms. The molecule has 3 heterocycles. The minimum atomic E-state index is -1.01. The number of benzene rings is 3. The van der Waals surface area contributed by atoms with E-state index in [1.165, 1.54) is 40.3 Å². The van der Waals surface area contributed by atoms with Gasteiger partial charge >= 0.3 is 17.8 Å². The molecule has 3 aromatic carbocycles. The highest BCUT2D eigenvalue weighted by atomic mass is 32.1. The number of hydrogen-bond donors (Lipinski definition) is 1. The molecule has 0 aliphatic carbocycles. The van der Waals surface area contributed by atoms with Gasteiger partial charge in [0.15, 0.2) is 5.43 Å². The molecule has 5 aromatic rings. The van der Waals surface area contributed by atoms with E-state index in [4.69, 9.17) is 18.9 Å². The first kappa shape index (κ1) is 36.6. The van der Waals surface area contributed by atoms with E-state index in [1.54, 1.807) is 38.1 Å². The Morgan fingerprint density at radius 3 is 2.53 bits per heavy atom. The summed E-state index contributed by atoms with van der Waals surface area (Å²) in [5, 5.41) is 12.9. The minimum absolute atomic E-state index is 0.0825. The summed E-state index contributed by atoms with van der Waals surface area (Å²) in [4.78, 5) is 75.7. The third-order valence-electron chi connectivity index (χ3n) is 8.13. The maximum absolute atomic E-state index is 13.0. The molecule has 1 fully saturated rings. The number of nitro benzene ring substituents is 1. The molecule has 51 heavy (non-hydrogen) atoms. The molecule has 1 N–H and O–H groups in total. The Balaban J connectivity index is 0.00000248. The Morgan fingerprint density at radius 2 is 1.76 bits per heavy atom. The van der Waals surface area contributed by atoms with E-state index in [-0.39, 0.29) is 41.2 Å². The molecule has 2 aromatic heterocycles. The van der Waals surface area contributed by atoms with Crippen molar-refractivity contribution in [2.45, 2.75) is 58.8 Å². The van der Waals surface area contributed by atoms with E-state index in [1.807, 2.05) is 26.0 Å². The Labute approximate surface area is 294 Å². The summed E-state index contributed by atoms with van der Waals surface area (Å²) in [6.07, 6.45) is 0.200. The molecule has 0 saturated carbocycles. The normalized spacial score (nSPS) is 15.8. The van der Waals surface area contributed by atoms with Gasteiger partial charge in [-0.3, -0.25) is 29.3 Å². The molecule has 14 nitrogen and oxygen atoms in total. The lowest BCUT2D eigenvalue weighted by Gasteiger charge is -2.17. The second-order valence-electron chi connectivity index (χ2n) is 11.5. The number of H-pyrrole nitrogens is 1. The van der Waals surface area contributed by atoms with Crippen LogP contribution in [0, 0.1) is 17.0 Å². The number of nitrogens with one attached hydrogen (secondary N) is 1. The van der Waals surface area contributed by atoms with Crippen molar-refractivity contribution < 1.29 is 33.5 Å². The van der Waals surface area contributed by atoms with Crippen LogP contribution in [-0.2, 0) is 14.2 Å². The molecule has 3 unspecified atom stereocenters. The number of esters is 1. The molecule has 15 heteroatoms. The molecule has 1 saturated heterocycles. The van der Waals surface area contributed by atoms with Crippen LogP contribution in [0.1, 0.15) is 67.2 Å². The van der Waals surface area contributed by atoms with Crippen LogP contribution >= 0.6 is 11.3 Å². The summed E-state index contributed by atoms with van der Waals surface area (Å²) in [6, 6.07) is 15.8. The fraction of sp³-hybridized carbons (Fsp3) is 0.306. The second-order valence-corrected chi connectivity index (χ2v) is 12.6. The van der Waals surface area contributed by atoms with Crippen molar-refractivity contribution in [3.05, 3.63) is 125 Å². The molecule has 0 amide bonds. The van der Waals surface area contributed by atoms with Gasteiger partial charge in [-0.05, 0) is 56.2 Å². The van der Waals surface area contributed by atoms with Crippen molar-refractivity contribution in [1.82, 2.24) is 9.55 Å². The number of nitrogens with zero attached hydrogens (tertiary/aromatic N) is 2. The molecule has 3 atom stereocenters. The lowest BCUT2D eigenvalue weighted by molar-refractivity contribution is -0.385. The number of aromatic nitrogens is 2. The van der Waals surface area contributed by atoms with Gasteiger partial charge < -0.3 is 18.9 Å². The van der Waals surface area contributed by atoms with Crippen molar-refractivity contribution in [2.75, 3.05) is 13.2 Å². The Morgan fingerprint density at radius 1 is 1.02 bits per heavy atom. The number of aryl methyl sites for hydroxylation is 1. The third kappa shape index (κ3) is 8.22. The molecule has 266 valence electrons. The summed E-state index contributed by atoms with van der Waals surface area (Å²) in [6.45, 7) is 6.78. The lowest BCUT2D eigenvalue weighted by Crippen LogP contribution is -2.33. The van der Waals surface area contributed by atoms with Crippen LogP contribution in [0.4, 0.5) is 10.5 Å². The van der Waals surface area contributed by atoms with Crippen LogP contribution in [0.5, 0.6) is 5.75 Å². The molecule has 1 aliphatic heterocycles. The summed E-state index contributed by atoms with van der Waals surface area (Å²) >= 11 is 1.43. The van der Waals surface area contributed by atoms with E-state index in [0.717, 1.165) is 15.5 Å². The molecule has 6 rings (SSSR count). The van der Waals surface area contributed by atoms with E-state index < -0.39 is 46.5 Å². The van der Waals surface area contributed by atoms with Gasteiger partial charge in [-0.2, -0.15) is 0 Å². The van der Waals surface area contributed by atoms with Crippen molar-refractivity contribution >= 4 is 49.3 Å². The van der Waals surface area contributed by atoms with Crippen LogP contribution in [0.3, 0.4) is 0 Å². The number of aromatic amines is 1. The van der Waals surface area contributed by atoms with Crippen molar-refractivity contribution in [3.63, 3.8) is 0 Å². The van der Waals surface area contributed by atoms with Crippen LogP contribution in [0.2, 0.25) is 0 Å². The summed E-state index contributed by atoms with van der Waals surface area (Å²) < 4.78 is 24.5. The van der Waals surface area contributed by atoms with Crippen molar-refractivity contribution in [3.8, 4) is 5.75 Å². The molecule has 0 bridgehead atoms. The SMILES string of the molecule is CC.Cc1cn(C2CCC(COC(=O)OCC(C)c3ccc(C(=O)Oc4ccc5sc6ccccc6c(=O)c5c4)cc3[N+](=O)[O-])O2)c(=O)[nH]c1=O. The lowest BCUT2D eigenvalue weighted by atomic mass is 9.98. The Kier molecular flexibility index (Phi) is 11.4. The molecule has 0 radical (unpaired) electrons. The summed E-state index contributed by atoms with van der Waals surface area (Å²) in [5.74, 6) is -1.38. The number of fused-ring (bicyclic) bond motifs is 2. The smallest absolute Gasteiger partial charge is 0.434 e. The van der Waals surface area contributed by atoms with Crippen LogP contribution < -0.4 is 21.4 Å². The summed E-state index contributed by atoms with van der Waals surface area (Å²) in [7, 11) is 0. The highest BCUT2D eigenvalue weighted by Gasteiger charge is 2.29. The first-order valence-electron chi connectivity index (χ1n) is 16.2. The van der Waals surface area contributed by atoms with Gasteiger partial charge in [-0.1, -0.05) is 39.0 Å². The van der Waals surface area contributed by atoms with E-state index >= 15 is 0 Å². The third-order valence-corrected chi connectivity index (χ3v) is 9.28. The fourth-order valence-electron chi connectivity index (χ4n) is 5.56. The van der Waals surface area contributed by atoms with Gasteiger partial charge in [0.1, 0.15) is 25.2 Å². The molecular weight excluding hydrogens is 682 g/mol. The average molecular weight is 718 g/mol. The van der Waals surface area contributed by atoms with Gasteiger partial charge in [0.05, 0.1) is 16.6 Å². The highest BCUT2D eigenvalue weighted by Crippen LogP contribution is 2.31. The monoisotopic (exact) mass is 717 g/mol. The number of ether oxygens (including phenoxy) is 4. The zero-order chi connectivity index (χ0) is 36.8. The van der Waals surface area contributed by atoms with Gasteiger partial charge in [0, 0.05) is 49.5 Å². The summed E-state index contributed by atoms with van der Waals surface area (Å²) in [5.41, 5.74) is -1.16. The van der Waals surface area contributed by atoms with E-state index in [0.29, 0.717) is 29.2 Å². The number of hydrogen-bond acceptors (Lipinski definition) is 12. The maximum atomic E-state index is 13.0. The maximum Gasteiger partial charge on any atom is 0.508 e. The number of carbonyl (C=O) groups is 2. The topological polar surface area (TPSA) is 186 Å². The van der Waals surface area contributed by atoms with Gasteiger partial charge in [-0.25, -0.2) is 14.4 Å². The zero-order valence-electron chi connectivity index (χ0n) is 28.2. The second kappa shape index (κ2) is 15.9. The number of rotatable bonds is 9. The van der Waals surface area contributed by atoms with Crippen molar-refractivity contribution in [2.24, 2.45) is 0 Å². The van der Waals surface area contributed by atoms with Gasteiger partial charge in [0.25, 0.3) is 11.2 Å². The predicted molar refractivity (Wildman–Crippen MR) is 190 cm³/mol. The van der Waals surface area contributed by atoms with Crippen LogP contribution in [0.25, 0.3) is 20.2 Å². The van der Waals surface area contributed by atoms with Crippen molar-refractivity contribution in [1.29, 1.82) is 0 Å². The Hall–Kier alpha value is -5.67. The van der Waals surface area contributed by atoms with E-state index in [2.05, 4.69) is 4.98 Å². The predicted octanol–water partition coefficient (Wildman–Crippen LogP) is 6.36.